The molecule has 0 bridgehead atoms. The van der Waals surface area contributed by atoms with Crippen molar-refractivity contribution < 1.29 is 18.8 Å². The number of hydrogen-bond donors (Lipinski definition) is 0. The summed E-state index contributed by atoms with van der Waals surface area (Å²) in [5, 5.41) is 11.1. The number of aryl methyl sites for hydroxylation is 1. The minimum absolute atomic E-state index is 0.00740. The first-order chi connectivity index (χ1) is 16.9. The number of non-ortho nitro benzene ring substituents is 1. The van der Waals surface area contributed by atoms with Crippen molar-refractivity contribution in [2.24, 2.45) is 0 Å². The number of pyridine rings is 1. The predicted octanol–water partition coefficient (Wildman–Crippen LogP) is 6.05. The molecule has 0 atom stereocenters. The van der Waals surface area contributed by atoms with Crippen molar-refractivity contribution in [2.75, 3.05) is 0 Å². The highest BCUT2D eigenvalue weighted by molar-refractivity contribution is 5.99. The zero-order valence-corrected chi connectivity index (χ0v) is 18.8. The van der Waals surface area contributed by atoms with Gasteiger partial charge < -0.3 is 9.64 Å². The molecule has 0 saturated heterocycles. The molecule has 35 heavy (non-hydrogen) atoms. The summed E-state index contributed by atoms with van der Waals surface area (Å²) in [6.45, 7) is 2.62. The average Bonchev–Trinajstić information content (AvgIpc) is 3.17. The number of carbonyl (C=O) groups excluding carboxylic acids is 1. The van der Waals surface area contributed by atoms with Crippen LogP contribution in [0.15, 0.2) is 78.9 Å². The maximum absolute atomic E-state index is 13.1. The number of nitro groups is 1. The van der Waals surface area contributed by atoms with Crippen LogP contribution < -0.4 is 4.74 Å². The molecule has 0 saturated carbocycles. The average molecular weight is 469 g/mol. The summed E-state index contributed by atoms with van der Waals surface area (Å²) in [5.74, 6) is 0.721. The van der Waals surface area contributed by atoms with E-state index in [1.54, 1.807) is 48.2 Å². The Bertz CT molecular complexity index is 1440. The fourth-order valence-corrected chi connectivity index (χ4v) is 4.17. The molecule has 3 aromatic carbocycles. The van der Waals surface area contributed by atoms with Gasteiger partial charge >= 0.3 is 0 Å². The van der Waals surface area contributed by atoms with Gasteiger partial charge in [0.2, 0.25) is 0 Å². The zero-order chi connectivity index (χ0) is 24.5. The monoisotopic (exact) mass is 469 g/mol. The van der Waals surface area contributed by atoms with Gasteiger partial charge in [0.05, 0.1) is 21.9 Å². The second kappa shape index (κ2) is 8.98. The minimum Gasteiger partial charge on any atom is -0.457 e. The van der Waals surface area contributed by atoms with Crippen LogP contribution in [0.5, 0.6) is 11.5 Å². The molecular weight excluding hydrogens is 449 g/mol. The summed E-state index contributed by atoms with van der Waals surface area (Å²) >= 11 is 0. The smallest absolute Gasteiger partial charge is 0.270 e. The van der Waals surface area contributed by atoms with Crippen LogP contribution in [-0.2, 0) is 13.1 Å². The van der Waals surface area contributed by atoms with Crippen LogP contribution in [-0.4, -0.2) is 20.7 Å². The number of amides is 1. The molecule has 0 radical (unpaired) electrons. The normalized spacial score (nSPS) is 12.5. The van der Waals surface area contributed by atoms with Crippen molar-refractivity contribution in [3.05, 3.63) is 117 Å². The zero-order valence-electron chi connectivity index (χ0n) is 18.8. The lowest BCUT2D eigenvalue weighted by atomic mass is 10.0. The van der Waals surface area contributed by atoms with Crippen LogP contribution in [0.25, 0.3) is 11.3 Å². The number of benzene rings is 3. The molecule has 1 amide bonds. The van der Waals surface area contributed by atoms with Gasteiger partial charge in [-0.2, -0.15) is 0 Å². The number of halogens is 1. The van der Waals surface area contributed by atoms with Crippen LogP contribution in [0.2, 0.25) is 0 Å². The molecule has 4 aromatic rings. The predicted molar refractivity (Wildman–Crippen MR) is 128 cm³/mol. The van der Waals surface area contributed by atoms with E-state index >= 15 is 0 Å². The van der Waals surface area contributed by atoms with Gasteiger partial charge in [-0.1, -0.05) is 24.3 Å². The highest BCUT2D eigenvalue weighted by Crippen LogP contribution is 2.31. The van der Waals surface area contributed by atoms with Crippen LogP contribution in [0.4, 0.5) is 10.1 Å². The number of nitro benzene ring substituents is 1. The van der Waals surface area contributed by atoms with E-state index in [9.17, 15) is 19.3 Å². The Balaban J connectivity index is 1.32. The number of carbonyl (C=O) groups is 1. The van der Waals surface area contributed by atoms with E-state index in [4.69, 9.17) is 4.74 Å². The van der Waals surface area contributed by atoms with E-state index in [1.165, 1.54) is 24.3 Å². The Morgan fingerprint density at radius 1 is 1.03 bits per heavy atom. The van der Waals surface area contributed by atoms with Crippen molar-refractivity contribution in [3.63, 3.8) is 0 Å². The molecule has 1 aliphatic rings. The number of ether oxygens (including phenoxy) is 1. The molecule has 8 heteroatoms. The number of aromatic nitrogens is 1. The molecule has 0 fully saturated rings. The SMILES string of the molecule is Cc1nc(-c2cccc([N+](=O)[O-])c2)cc2c1C(=O)N(Cc1ccc(Oc3ccc(F)cc3)cc1)C2. The molecule has 5 rings (SSSR count). The van der Waals surface area contributed by atoms with Crippen LogP contribution in [0.1, 0.15) is 27.2 Å². The Kier molecular flexibility index (Phi) is 5.70. The third kappa shape index (κ3) is 4.59. The number of nitrogens with zero attached hydrogens (tertiary/aromatic N) is 3. The lowest BCUT2D eigenvalue weighted by molar-refractivity contribution is -0.384. The molecule has 1 aromatic heterocycles. The van der Waals surface area contributed by atoms with E-state index in [0.29, 0.717) is 47.1 Å². The maximum Gasteiger partial charge on any atom is 0.270 e. The third-order valence-corrected chi connectivity index (χ3v) is 5.84. The second-order valence-electron chi connectivity index (χ2n) is 8.30. The summed E-state index contributed by atoms with van der Waals surface area (Å²) in [7, 11) is 0. The van der Waals surface area contributed by atoms with E-state index in [1.807, 2.05) is 18.2 Å². The third-order valence-electron chi connectivity index (χ3n) is 5.84. The number of hydrogen-bond acceptors (Lipinski definition) is 5. The van der Waals surface area contributed by atoms with E-state index in [0.717, 1.165) is 11.1 Å². The minimum atomic E-state index is -0.440. The van der Waals surface area contributed by atoms with Crippen molar-refractivity contribution in [3.8, 4) is 22.8 Å². The number of rotatable bonds is 6. The van der Waals surface area contributed by atoms with Crippen LogP contribution in [0.3, 0.4) is 0 Å². The first-order valence-electron chi connectivity index (χ1n) is 10.9. The molecule has 0 unspecified atom stereocenters. The summed E-state index contributed by atoms with van der Waals surface area (Å²) in [4.78, 5) is 30.1. The number of fused-ring (bicyclic) bond motifs is 1. The lowest BCUT2D eigenvalue weighted by Crippen LogP contribution is -2.23. The standard InChI is InChI=1S/C27H20FN3O4/c1-17-26-20(14-25(29-17)19-3-2-4-22(13-19)31(33)34)16-30(27(26)32)15-18-5-9-23(10-6-18)35-24-11-7-21(28)8-12-24/h2-14H,15-16H2,1H3. The van der Waals surface area contributed by atoms with Crippen molar-refractivity contribution in [2.45, 2.75) is 20.0 Å². The Hall–Kier alpha value is -4.59. The molecule has 0 aliphatic carbocycles. The molecule has 174 valence electrons. The summed E-state index contributed by atoms with van der Waals surface area (Å²) in [5.41, 5.74) is 4.18. The van der Waals surface area contributed by atoms with Gasteiger partial charge in [-0.25, -0.2) is 4.39 Å². The van der Waals surface area contributed by atoms with E-state index < -0.39 is 4.92 Å². The highest BCUT2D eigenvalue weighted by Gasteiger charge is 2.30. The van der Waals surface area contributed by atoms with Gasteiger partial charge in [0.1, 0.15) is 17.3 Å². The van der Waals surface area contributed by atoms with Gasteiger partial charge in [-0.05, 0) is 60.5 Å². The first kappa shape index (κ1) is 22.2. The van der Waals surface area contributed by atoms with Gasteiger partial charge in [0.25, 0.3) is 11.6 Å². The van der Waals surface area contributed by atoms with Crippen LogP contribution >= 0.6 is 0 Å². The molecule has 0 N–H and O–H groups in total. The van der Waals surface area contributed by atoms with Gasteiger partial charge in [0, 0.05) is 30.8 Å². The van der Waals surface area contributed by atoms with E-state index in [-0.39, 0.29) is 17.4 Å². The Morgan fingerprint density at radius 3 is 2.40 bits per heavy atom. The molecule has 0 spiro atoms. The topological polar surface area (TPSA) is 85.6 Å². The molecule has 2 heterocycles. The van der Waals surface area contributed by atoms with Crippen molar-refractivity contribution in [1.82, 2.24) is 9.88 Å². The van der Waals surface area contributed by atoms with Gasteiger partial charge in [-0.3, -0.25) is 19.9 Å². The van der Waals surface area contributed by atoms with Crippen LogP contribution in [0, 0.1) is 22.9 Å². The van der Waals surface area contributed by atoms with Crippen molar-refractivity contribution >= 4 is 11.6 Å². The first-order valence-corrected chi connectivity index (χ1v) is 10.9. The second-order valence-corrected chi connectivity index (χ2v) is 8.30. The van der Waals surface area contributed by atoms with Crippen molar-refractivity contribution in [1.29, 1.82) is 0 Å². The van der Waals surface area contributed by atoms with Gasteiger partial charge in [-0.15, -0.1) is 0 Å². The molecular formula is C27H20FN3O4. The fourth-order valence-electron chi connectivity index (χ4n) is 4.17. The summed E-state index contributed by atoms with van der Waals surface area (Å²) in [6.07, 6.45) is 0. The molecule has 7 nitrogen and oxygen atoms in total. The largest absolute Gasteiger partial charge is 0.457 e. The Morgan fingerprint density at radius 2 is 1.71 bits per heavy atom. The fraction of sp³-hybridized carbons (Fsp3) is 0.111. The summed E-state index contributed by atoms with van der Waals surface area (Å²) in [6, 6.07) is 21.3. The Labute approximate surface area is 200 Å². The van der Waals surface area contributed by atoms with Gasteiger partial charge in [0.15, 0.2) is 0 Å². The highest BCUT2D eigenvalue weighted by atomic mass is 19.1. The maximum atomic E-state index is 13.1. The molecule has 1 aliphatic heterocycles. The quantitative estimate of drug-likeness (QED) is 0.253. The summed E-state index contributed by atoms with van der Waals surface area (Å²) < 4.78 is 18.8. The van der Waals surface area contributed by atoms with E-state index in [2.05, 4.69) is 4.98 Å². The lowest BCUT2D eigenvalue weighted by Gasteiger charge is -2.16.